The summed E-state index contributed by atoms with van der Waals surface area (Å²) < 4.78 is 1.91. The van der Waals surface area contributed by atoms with Crippen LogP contribution in [0.1, 0.15) is 62.6 Å². The number of rotatable bonds is 5. The summed E-state index contributed by atoms with van der Waals surface area (Å²) in [6.07, 6.45) is 6.61. The number of thioether (sulfide) groups is 1. The Kier molecular flexibility index (Phi) is 5.75. The van der Waals surface area contributed by atoms with Crippen molar-refractivity contribution in [2.24, 2.45) is 5.92 Å². The van der Waals surface area contributed by atoms with Gasteiger partial charge in [0.15, 0.2) is 5.16 Å². The number of aryl methyl sites for hydroxylation is 1. The highest BCUT2D eigenvalue weighted by Gasteiger charge is 2.44. The molecule has 5 rings (SSSR count). The predicted molar refractivity (Wildman–Crippen MR) is 134 cm³/mol. The van der Waals surface area contributed by atoms with Crippen molar-refractivity contribution in [3.05, 3.63) is 75.6 Å². The molecule has 0 radical (unpaired) electrons. The molecule has 32 heavy (non-hydrogen) atoms. The van der Waals surface area contributed by atoms with Crippen molar-refractivity contribution in [1.29, 1.82) is 0 Å². The molecule has 1 aromatic heterocycles. The molecule has 0 aliphatic heterocycles. The van der Waals surface area contributed by atoms with Gasteiger partial charge < -0.3 is 0 Å². The summed E-state index contributed by atoms with van der Waals surface area (Å²) >= 11 is 1.72. The van der Waals surface area contributed by atoms with E-state index in [2.05, 4.69) is 57.2 Å². The first-order valence-electron chi connectivity index (χ1n) is 11.9. The van der Waals surface area contributed by atoms with Crippen LogP contribution in [0.15, 0.2) is 58.5 Å². The van der Waals surface area contributed by atoms with Gasteiger partial charge in [-0.1, -0.05) is 74.8 Å². The minimum atomic E-state index is -0.0690. The number of nitrogens with zero attached hydrogens (tertiary/aromatic N) is 2. The highest BCUT2D eigenvalue weighted by molar-refractivity contribution is 7.99. The lowest BCUT2D eigenvalue weighted by Crippen LogP contribution is -2.40. The molecule has 0 amide bonds. The van der Waals surface area contributed by atoms with Gasteiger partial charge >= 0.3 is 0 Å². The van der Waals surface area contributed by atoms with Gasteiger partial charge in [0, 0.05) is 16.7 Å². The Labute approximate surface area is 195 Å². The lowest BCUT2D eigenvalue weighted by molar-refractivity contribution is 0.422. The van der Waals surface area contributed by atoms with Crippen LogP contribution in [0.25, 0.3) is 16.9 Å². The quantitative estimate of drug-likeness (QED) is 0.324. The molecule has 2 aromatic carbocycles. The summed E-state index contributed by atoms with van der Waals surface area (Å²) in [5.74, 6) is 1.59. The first-order valence-corrected chi connectivity index (χ1v) is 12.9. The lowest BCUT2D eigenvalue weighted by Gasteiger charge is -2.36. The van der Waals surface area contributed by atoms with Crippen molar-refractivity contribution >= 4 is 11.8 Å². The molecule has 0 unspecified atom stereocenters. The predicted octanol–water partition coefficient (Wildman–Crippen LogP) is 6.71. The van der Waals surface area contributed by atoms with Crippen LogP contribution >= 0.6 is 11.8 Å². The van der Waals surface area contributed by atoms with E-state index in [0.29, 0.717) is 5.92 Å². The van der Waals surface area contributed by atoms with Crippen LogP contribution in [0.2, 0.25) is 0 Å². The fraction of sp³-hybridized carbons (Fsp3) is 0.429. The summed E-state index contributed by atoms with van der Waals surface area (Å²) in [5, 5.41) is 0.824. The van der Waals surface area contributed by atoms with Crippen LogP contribution in [0.3, 0.4) is 0 Å². The van der Waals surface area contributed by atoms with Crippen LogP contribution in [0, 0.1) is 12.8 Å². The van der Waals surface area contributed by atoms with Gasteiger partial charge in [0.1, 0.15) is 0 Å². The Morgan fingerprint density at radius 2 is 1.88 bits per heavy atom. The summed E-state index contributed by atoms with van der Waals surface area (Å²) in [7, 11) is 0. The van der Waals surface area contributed by atoms with Gasteiger partial charge in [-0.15, -0.1) is 0 Å². The summed E-state index contributed by atoms with van der Waals surface area (Å²) in [6.45, 7) is 6.57. The van der Waals surface area contributed by atoms with E-state index in [-0.39, 0.29) is 11.0 Å². The van der Waals surface area contributed by atoms with Gasteiger partial charge in [0.2, 0.25) is 0 Å². The molecule has 2 aliphatic carbocycles. The monoisotopic (exact) mass is 444 g/mol. The molecule has 0 bridgehead atoms. The zero-order valence-electron chi connectivity index (χ0n) is 19.4. The third-order valence-electron chi connectivity index (χ3n) is 7.13. The SMILES string of the molecule is Cc1cccc(-n2c(SCCC(C)C)nc3c(c2=O)C2(CCCC2)Cc2ccccc2-3)c1. The van der Waals surface area contributed by atoms with Gasteiger partial charge in [0.05, 0.1) is 16.9 Å². The summed E-state index contributed by atoms with van der Waals surface area (Å²) in [4.78, 5) is 19.6. The Balaban J connectivity index is 1.77. The molecule has 1 saturated carbocycles. The van der Waals surface area contributed by atoms with E-state index >= 15 is 0 Å². The average molecular weight is 445 g/mol. The second kappa shape index (κ2) is 8.55. The maximum Gasteiger partial charge on any atom is 0.263 e. The second-order valence-corrected chi connectivity index (χ2v) is 11.0. The first-order chi connectivity index (χ1) is 15.5. The van der Waals surface area contributed by atoms with E-state index in [1.54, 1.807) is 11.8 Å². The second-order valence-electron chi connectivity index (χ2n) is 9.95. The van der Waals surface area contributed by atoms with Gasteiger partial charge in [-0.3, -0.25) is 9.36 Å². The minimum Gasteiger partial charge on any atom is -0.268 e. The third kappa shape index (κ3) is 3.73. The molecule has 0 atom stereocenters. The van der Waals surface area contributed by atoms with E-state index in [4.69, 9.17) is 4.98 Å². The number of aromatic nitrogens is 2. The van der Waals surface area contributed by atoms with E-state index in [1.165, 1.54) is 18.4 Å². The average Bonchev–Trinajstić information content (AvgIpc) is 3.22. The molecule has 166 valence electrons. The highest BCUT2D eigenvalue weighted by atomic mass is 32.2. The van der Waals surface area contributed by atoms with Crippen molar-refractivity contribution in [2.45, 2.75) is 69.9 Å². The van der Waals surface area contributed by atoms with Crippen molar-refractivity contribution in [3.63, 3.8) is 0 Å². The van der Waals surface area contributed by atoms with E-state index in [1.807, 2.05) is 16.7 Å². The molecule has 2 aliphatic rings. The maximum absolute atomic E-state index is 14.3. The number of hydrogen-bond donors (Lipinski definition) is 0. The Morgan fingerprint density at radius 3 is 2.62 bits per heavy atom. The van der Waals surface area contributed by atoms with E-state index < -0.39 is 0 Å². The smallest absolute Gasteiger partial charge is 0.263 e. The molecule has 4 heteroatoms. The number of fused-ring (bicyclic) bond motifs is 4. The van der Waals surface area contributed by atoms with Crippen LogP contribution < -0.4 is 5.56 Å². The minimum absolute atomic E-state index is 0.0690. The molecular formula is C28H32N2OS. The third-order valence-corrected chi connectivity index (χ3v) is 8.10. The van der Waals surface area contributed by atoms with Crippen LogP contribution in [-0.4, -0.2) is 15.3 Å². The molecule has 1 spiro atoms. The van der Waals surface area contributed by atoms with Crippen LogP contribution in [0.4, 0.5) is 0 Å². The van der Waals surface area contributed by atoms with E-state index in [0.717, 1.165) is 64.7 Å². The largest absolute Gasteiger partial charge is 0.268 e. The zero-order valence-corrected chi connectivity index (χ0v) is 20.2. The van der Waals surface area contributed by atoms with Gasteiger partial charge in [-0.25, -0.2) is 4.98 Å². The molecule has 0 saturated heterocycles. The maximum atomic E-state index is 14.3. The van der Waals surface area contributed by atoms with Gasteiger partial charge in [-0.2, -0.15) is 0 Å². The topological polar surface area (TPSA) is 34.9 Å². The molecular weight excluding hydrogens is 412 g/mol. The molecule has 1 heterocycles. The van der Waals surface area contributed by atoms with Crippen LogP contribution in [0.5, 0.6) is 0 Å². The van der Waals surface area contributed by atoms with Crippen LogP contribution in [-0.2, 0) is 11.8 Å². The Bertz CT molecular complexity index is 1200. The summed E-state index contributed by atoms with van der Waals surface area (Å²) in [5.41, 5.74) is 6.57. The molecule has 3 nitrogen and oxygen atoms in total. The fourth-order valence-corrected chi connectivity index (χ4v) is 6.73. The molecule has 3 aromatic rings. The highest BCUT2D eigenvalue weighted by Crippen LogP contribution is 2.50. The van der Waals surface area contributed by atoms with Gasteiger partial charge in [-0.05, 0) is 61.8 Å². The summed E-state index contributed by atoms with van der Waals surface area (Å²) in [6, 6.07) is 16.9. The van der Waals surface area contributed by atoms with Crippen molar-refractivity contribution < 1.29 is 0 Å². The number of benzene rings is 2. The lowest BCUT2D eigenvalue weighted by atomic mass is 9.68. The van der Waals surface area contributed by atoms with Gasteiger partial charge in [0.25, 0.3) is 5.56 Å². The standard InChI is InChI=1S/C28H32N2OS/c1-19(2)13-16-32-27-29-25-23-12-5-4-10-21(23)18-28(14-6-7-15-28)24(25)26(31)30(27)22-11-8-9-20(3)17-22/h4-5,8-12,17,19H,6-7,13-16,18H2,1-3H3. The number of hydrogen-bond acceptors (Lipinski definition) is 3. The first kappa shape index (κ1) is 21.5. The van der Waals surface area contributed by atoms with Crippen molar-refractivity contribution in [2.75, 3.05) is 5.75 Å². The fourth-order valence-electron chi connectivity index (χ4n) is 5.49. The van der Waals surface area contributed by atoms with E-state index in [9.17, 15) is 4.79 Å². The Hall–Kier alpha value is -2.33. The zero-order chi connectivity index (χ0) is 22.3. The van der Waals surface area contributed by atoms with Crippen molar-refractivity contribution in [1.82, 2.24) is 9.55 Å². The molecule has 1 fully saturated rings. The molecule has 0 N–H and O–H groups in total. The Morgan fingerprint density at radius 1 is 1.09 bits per heavy atom. The van der Waals surface area contributed by atoms with Crippen molar-refractivity contribution in [3.8, 4) is 16.9 Å². The normalized spacial score (nSPS) is 16.4.